The highest BCUT2D eigenvalue weighted by Crippen LogP contribution is 2.45. The lowest BCUT2D eigenvalue weighted by Crippen LogP contribution is -2.34. The first kappa shape index (κ1) is 25.6. The topological polar surface area (TPSA) is 119 Å². The zero-order valence-corrected chi connectivity index (χ0v) is 19.8. The van der Waals surface area contributed by atoms with Crippen LogP contribution >= 0.6 is 0 Å². The lowest BCUT2D eigenvalue weighted by Gasteiger charge is -2.31. The zero-order chi connectivity index (χ0) is 24.7. The number of allylic oxidation sites excluding steroid dienone is 1. The molecule has 0 aromatic heterocycles. The summed E-state index contributed by atoms with van der Waals surface area (Å²) in [5.74, 6) is -2.51. The van der Waals surface area contributed by atoms with E-state index in [4.69, 9.17) is 28.4 Å². The molecule has 10 nitrogen and oxygen atoms in total. The monoisotopic (exact) mass is 463 g/mol. The molecule has 33 heavy (non-hydrogen) atoms. The van der Waals surface area contributed by atoms with Crippen molar-refractivity contribution in [3.05, 3.63) is 46.0 Å². The number of ether oxygens (including phenoxy) is 6. The van der Waals surface area contributed by atoms with Gasteiger partial charge >= 0.3 is 17.9 Å². The summed E-state index contributed by atoms with van der Waals surface area (Å²) in [5, 5.41) is 2.93. The molecule has 0 fully saturated rings. The van der Waals surface area contributed by atoms with Crippen molar-refractivity contribution >= 4 is 17.9 Å². The Morgan fingerprint density at radius 1 is 0.818 bits per heavy atom. The number of hydrogen-bond donors (Lipinski definition) is 1. The first-order valence-electron chi connectivity index (χ1n) is 10.2. The molecule has 0 spiro atoms. The van der Waals surface area contributed by atoms with E-state index in [0.717, 1.165) is 0 Å². The molecule has 0 amide bonds. The van der Waals surface area contributed by atoms with Gasteiger partial charge in [-0.3, -0.25) is 0 Å². The molecule has 1 heterocycles. The predicted molar refractivity (Wildman–Crippen MR) is 117 cm³/mol. The van der Waals surface area contributed by atoms with Gasteiger partial charge in [0.05, 0.1) is 53.1 Å². The Labute approximate surface area is 192 Å². The van der Waals surface area contributed by atoms with E-state index in [0.29, 0.717) is 11.3 Å². The van der Waals surface area contributed by atoms with Crippen molar-refractivity contribution in [2.75, 3.05) is 41.7 Å². The quantitative estimate of drug-likeness (QED) is 0.432. The lowest BCUT2D eigenvalue weighted by atomic mass is 9.80. The normalized spacial score (nSPS) is 15.4. The Hall–Kier alpha value is -3.69. The number of carbonyl (C=O) groups is 3. The van der Waals surface area contributed by atoms with Crippen molar-refractivity contribution in [1.82, 2.24) is 5.32 Å². The summed E-state index contributed by atoms with van der Waals surface area (Å²) in [6, 6.07) is 2.94. The molecule has 1 N–H and O–H groups in total. The van der Waals surface area contributed by atoms with Gasteiger partial charge in [-0.2, -0.15) is 0 Å². The number of carbonyl (C=O) groups excluding carboxylic acids is 3. The zero-order valence-electron chi connectivity index (χ0n) is 19.8. The van der Waals surface area contributed by atoms with Crippen molar-refractivity contribution in [1.29, 1.82) is 0 Å². The fraction of sp³-hybridized carbons (Fsp3) is 0.435. The molecule has 180 valence electrons. The minimum Gasteiger partial charge on any atom is -0.496 e. The van der Waals surface area contributed by atoms with Gasteiger partial charge in [-0.1, -0.05) is 0 Å². The Morgan fingerprint density at radius 2 is 1.39 bits per heavy atom. The van der Waals surface area contributed by atoms with Gasteiger partial charge in [0.1, 0.15) is 22.6 Å². The number of dihydropyridines is 1. The third kappa shape index (κ3) is 5.05. The van der Waals surface area contributed by atoms with Crippen LogP contribution in [0.4, 0.5) is 0 Å². The molecule has 1 aromatic rings. The van der Waals surface area contributed by atoms with E-state index in [1.54, 1.807) is 20.8 Å². The van der Waals surface area contributed by atoms with Gasteiger partial charge in [0.2, 0.25) is 5.88 Å². The first-order valence-corrected chi connectivity index (χ1v) is 10.2. The maximum Gasteiger partial charge on any atom is 0.341 e. The van der Waals surface area contributed by atoms with Gasteiger partial charge < -0.3 is 33.7 Å². The van der Waals surface area contributed by atoms with Crippen molar-refractivity contribution in [2.45, 2.75) is 26.7 Å². The van der Waals surface area contributed by atoms with Gasteiger partial charge in [-0.05, 0) is 26.8 Å². The van der Waals surface area contributed by atoms with Crippen molar-refractivity contribution in [3.63, 3.8) is 0 Å². The average molecular weight is 463 g/mol. The average Bonchev–Trinajstić information content (AvgIpc) is 2.81. The maximum absolute atomic E-state index is 13.0. The van der Waals surface area contributed by atoms with E-state index < -0.39 is 23.8 Å². The minimum absolute atomic E-state index is 0.0206. The van der Waals surface area contributed by atoms with Gasteiger partial charge in [0.15, 0.2) is 0 Å². The van der Waals surface area contributed by atoms with Gasteiger partial charge in [0, 0.05) is 17.3 Å². The smallest absolute Gasteiger partial charge is 0.341 e. The second-order valence-electron chi connectivity index (χ2n) is 6.77. The fourth-order valence-corrected chi connectivity index (χ4v) is 3.59. The highest BCUT2D eigenvalue weighted by Gasteiger charge is 2.42. The standard InChI is InChI=1S/C23H29NO9/c1-8-32-22(26)17-12(3)24-20(30-6)19(23(27)33-9-2)18(17)13-10-14(21(25)31-7)16(29-5)11-15(13)28-4/h10-11,18,24H,8-9H2,1-7H3/t18-/m1/s1. The van der Waals surface area contributed by atoms with E-state index in [1.807, 2.05) is 0 Å². The van der Waals surface area contributed by atoms with Crippen LogP contribution in [0.25, 0.3) is 0 Å². The Kier molecular flexibility index (Phi) is 8.72. The molecule has 1 aliphatic heterocycles. The molecule has 2 rings (SSSR count). The summed E-state index contributed by atoms with van der Waals surface area (Å²) in [6.45, 7) is 5.19. The maximum atomic E-state index is 13.0. The van der Waals surface area contributed by atoms with Crippen LogP contribution in [-0.2, 0) is 28.5 Å². The number of rotatable bonds is 9. The Balaban J connectivity index is 2.93. The molecule has 10 heteroatoms. The second kappa shape index (κ2) is 11.3. The summed E-state index contributed by atoms with van der Waals surface area (Å²) in [7, 11) is 5.43. The SMILES string of the molecule is CCOC(=O)C1=C(C)NC(OC)=C(C(=O)OCC)[C@@H]1c1cc(C(=O)OC)c(OC)cc1OC. The fourth-order valence-electron chi connectivity index (χ4n) is 3.59. The number of nitrogens with one attached hydrogen (secondary N) is 1. The van der Waals surface area contributed by atoms with Crippen LogP contribution in [0.5, 0.6) is 11.5 Å². The van der Waals surface area contributed by atoms with Crippen LogP contribution < -0.4 is 14.8 Å². The van der Waals surface area contributed by atoms with E-state index in [9.17, 15) is 14.4 Å². The third-order valence-electron chi connectivity index (χ3n) is 4.99. The number of benzene rings is 1. The molecular formula is C23H29NO9. The molecule has 0 bridgehead atoms. The van der Waals surface area contributed by atoms with Crippen LogP contribution in [0, 0.1) is 0 Å². The van der Waals surface area contributed by atoms with Crippen molar-refractivity contribution < 1.29 is 42.8 Å². The highest BCUT2D eigenvalue weighted by atomic mass is 16.5. The first-order chi connectivity index (χ1) is 15.8. The van der Waals surface area contributed by atoms with Crippen LogP contribution in [0.3, 0.4) is 0 Å². The molecule has 0 saturated heterocycles. The molecule has 0 saturated carbocycles. The summed E-state index contributed by atoms with van der Waals surface area (Å²) >= 11 is 0. The molecule has 0 unspecified atom stereocenters. The Morgan fingerprint density at radius 3 is 1.88 bits per heavy atom. The number of esters is 3. The largest absolute Gasteiger partial charge is 0.496 e. The van der Waals surface area contributed by atoms with Gasteiger partial charge in [0.25, 0.3) is 0 Å². The van der Waals surface area contributed by atoms with E-state index in [2.05, 4.69) is 5.32 Å². The number of hydrogen-bond acceptors (Lipinski definition) is 10. The molecule has 0 radical (unpaired) electrons. The molecule has 1 aliphatic rings. The van der Waals surface area contributed by atoms with Crippen LogP contribution in [0.2, 0.25) is 0 Å². The lowest BCUT2D eigenvalue weighted by molar-refractivity contribution is -0.139. The predicted octanol–water partition coefficient (Wildman–Crippen LogP) is 2.44. The van der Waals surface area contributed by atoms with E-state index in [1.165, 1.54) is 40.6 Å². The van der Waals surface area contributed by atoms with Gasteiger partial charge in [-0.15, -0.1) is 0 Å². The Bertz CT molecular complexity index is 994. The van der Waals surface area contributed by atoms with E-state index >= 15 is 0 Å². The highest BCUT2D eigenvalue weighted by molar-refractivity contribution is 6.00. The molecule has 1 atom stereocenters. The van der Waals surface area contributed by atoms with Crippen molar-refractivity contribution in [3.8, 4) is 11.5 Å². The third-order valence-corrected chi connectivity index (χ3v) is 4.99. The number of methoxy groups -OCH3 is 4. The second-order valence-corrected chi connectivity index (χ2v) is 6.77. The van der Waals surface area contributed by atoms with E-state index in [-0.39, 0.29) is 47.3 Å². The van der Waals surface area contributed by atoms with Crippen LogP contribution in [0.1, 0.15) is 42.6 Å². The van der Waals surface area contributed by atoms with Crippen LogP contribution in [0.15, 0.2) is 34.9 Å². The minimum atomic E-state index is -1.04. The van der Waals surface area contributed by atoms with Crippen molar-refractivity contribution in [2.24, 2.45) is 0 Å². The summed E-state index contributed by atoms with van der Waals surface area (Å²) in [4.78, 5) is 38.5. The summed E-state index contributed by atoms with van der Waals surface area (Å²) in [5.41, 5.74) is 0.964. The summed E-state index contributed by atoms with van der Waals surface area (Å²) in [6.07, 6.45) is 0. The summed E-state index contributed by atoms with van der Waals surface area (Å²) < 4.78 is 31.7. The molecule has 1 aromatic carbocycles. The molecule has 0 aliphatic carbocycles. The molecular weight excluding hydrogens is 434 g/mol. The van der Waals surface area contributed by atoms with Crippen LogP contribution in [-0.4, -0.2) is 59.6 Å². The van der Waals surface area contributed by atoms with Gasteiger partial charge in [-0.25, -0.2) is 14.4 Å².